The van der Waals surface area contributed by atoms with Crippen LogP contribution in [-0.2, 0) is 9.53 Å². The highest BCUT2D eigenvalue weighted by molar-refractivity contribution is 5.90. The van der Waals surface area contributed by atoms with Gasteiger partial charge < -0.3 is 15.4 Å². The van der Waals surface area contributed by atoms with Gasteiger partial charge in [0, 0.05) is 26.2 Å². The van der Waals surface area contributed by atoms with Crippen molar-refractivity contribution < 1.29 is 18.7 Å². The third-order valence-corrected chi connectivity index (χ3v) is 2.42. The smallest absolute Gasteiger partial charge is 0.338 e. The van der Waals surface area contributed by atoms with Crippen LogP contribution in [0.2, 0.25) is 0 Å². The Balaban J connectivity index is 2.41. The van der Waals surface area contributed by atoms with Gasteiger partial charge in [0.25, 0.3) is 0 Å². The Labute approximate surface area is 111 Å². The SMILES string of the molecule is CN(C)C(=O)CCCOC(=O)c1cc(N)cc(F)c1. The Kier molecular flexibility index (Phi) is 5.29. The number of rotatable bonds is 5. The van der Waals surface area contributed by atoms with Crippen LogP contribution < -0.4 is 5.73 Å². The Morgan fingerprint density at radius 1 is 1.32 bits per heavy atom. The number of nitrogen functional groups attached to an aromatic ring is 1. The molecular formula is C13H17FN2O3. The highest BCUT2D eigenvalue weighted by Crippen LogP contribution is 2.12. The molecule has 1 amide bonds. The van der Waals surface area contributed by atoms with E-state index < -0.39 is 11.8 Å². The Bertz CT molecular complexity index is 455. The van der Waals surface area contributed by atoms with Gasteiger partial charge in [0.15, 0.2) is 0 Å². The van der Waals surface area contributed by atoms with Gasteiger partial charge in [-0.15, -0.1) is 0 Å². The molecule has 1 aromatic rings. The maximum Gasteiger partial charge on any atom is 0.338 e. The standard InChI is InChI=1S/C13H17FN2O3/c1-16(2)12(17)4-3-5-19-13(18)9-6-10(14)8-11(15)7-9/h6-8H,3-5,15H2,1-2H3. The summed E-state index contributed by atoms with van der Waals surface area (Å²) in [5.41, 5.74) is 5.66. The molecule has 0 atom stereocenters. The Morgan fingerprint density at radius 3 is 2.58 bits per heavy atom. The molecule has 19 heavy (non-hydrogen) atoms. The van der Waals surface area contributed by atoms with Crippen molar-refractivity contribution in [3.8, 4) is 0 Å². The molecule has 0 aliphatic rings. The summed E-state index contributed by atoms with van der Waals surface area (Å²) in [7, 11) is 3.31. The fourth-order valence-electron chi connectivity index (χ4n) is 1.43. The van der Waals surface area contributed by atoms with Crippen molar-refractivity contribution in [2.75, 3.05) is 26.4 Å². The number of hydrogen-bond acceptors (Lipinski definition) is 4. The number of hydrogen-bond donors (Lipinski definition) is 1. The van der Waals surface area contributed by atoms with Gasteiger partial charge in [-0.05, 0) is 24.6 Å². The van der Waals surface area contributed by atoms with Crippen LogP contribution in [0, 0.1) is 5.82 Å². The maximum absolute atomic E-state index is 13.0. The first kappa shape index (κ1) is 14.9. The van der Waals surface area contributed by atoms with Crippen molar-refractivity contribution in [2.45, 2.75) is 12.8 Å². The van der Waals surface area contributed by atoms with Crippen molar-refractivity contribution in [2.24, 2.45) is 0 Å². The van der Waals surface area contributed by atoms with E-state index in [2.05, 4.69) is 0 Å². The van der Waals surface area contributed by atoms with E-state index in [1.165, 1.54) is 11.0 Å². The molecule has 2 N–H and O–H groups in total. The molecule has 0 fully saturated rings. The molecule has 0 saturated carbocycles. The van der Waals surface area contributed by atoms with E-state index in [4.69, 9.17) is 10.5 Å². The van der Waals surface area contributed by atoms with Crippen molar-refractivity contribution in [3.63, 3.8) is 0 Å². The van der Waals surface area contributed by atoms with E-state index in [1.807, 2.05) is 0 Å². The molecular weight excluding hydrogens is 251 g/mol. The van der Waals surface area contributed by atoms with Gasteiger partial charge in [0.1, 0.15) is 5.82 Å². The van der Waals surface area contributed by atoms with Crippen LogP contribution in [0.4, 0.5) is 10.1 Å². The van der Waals surface area contributed by atoms with E-state index in [-0.39, 0.29) is 23.8 Å². The lowest BCUT2D eigenvalue weighted by atomic mass is 10.2. The summed E-state index contributed by atoms with van der Waals surface area (Å²) in [4.78, 5) is 24.3. The normalized spacial score (nSPS) is 10.1. The molecule has 0 heterocycles. The van der Waals surface area contributed by atoms with Gasteiger partial charge in [-0.2, -0.15) is 0 Å². The van der Waals surface area contributed by atoms with Gasteiger partial charge >= 0.3 is 5.97 Å². The molecule has 0 bridgehead atoms. The molecule has 1 aromatic carbocycles. The molecule has 104 valence electrons. The number of halogens is 1. The number of benzene rings is 1. The topological polar surface area (TPSA) is 72.6 Å². The van der Waals surface area contributed by atoms with Crippen molar-refractivity contribution in [3.05, 3.63) is 29.6 Å². The molecule has 0 aromatic heterocycles. The number of carbonyl (C=O) groups excluding carboxylic acids is 2. The van der Waals surface area contributed by atoms with Crippen molar-refractivity contribution >= 4 is 17.6 Å². The zero-order valence-electron chi connectivity index (χ0n) is 11.0. The first-order valence-electron chi connectivity index (χ1n) is 5.83. The number of carbonyl (C=O) groups is 2. The van der Waals surface area contributed by atoms with E-state index in [0.29, 0.717) is 12.8 Å². The lowest BCUT2D eigenvalue weighted by Crippen LogP contribution is -2.21. The van der Waals surface area contributed by atoms with E-state index >= 15 is 0 Å². The molecule has 5 nitrogen and oxygen atoms in total. The van der Waals surface area contributed by atoms with Crippen LogP contribution in [0.3, 0.4) is 0 Å². The van der Waals surface area contributed by atoms with Gasteiger partial charge in [-0.1, -0.05) is 0 Å². The molecule has 0 saturated heterocycles. The van der Waals surface area contributed by atoms with Gasteiger partial charge in [0.05, 0.1) is 12.2 Å². The minimum atomic E-state index is -0.650. The molecule has 0 aliphatic heterocycles. The molecule has 0 unspecified atom stereocenters. The van der Waals surface area contributed by atoms with E-state index in [0.717, 1.165) is 12.1 Å². The van der Waals surface area contributed by atoms with Crippen LogP contribution in [0.5, 0.6) is 0 Å². The first-order chi connectivity index (χ1) is 8.90. The predicted octanol–water partition coefficient (Wildman–Crippen LogP) is 1.43. The number of amides is 1. The van der Waals surface area contributed by atoms with Gasteiger partial charge in [-0.25, -0.2) is 9.18 Å². The van der Waals surface area contributed by atoms with Gasteiger partial charge in [0.2, 0.25) is 5.91 Å². The third-order valence-electron chi connectivity index (χ3n) is 2.42. The summed E-state index contributed by atoms with van der Waals surface area (Å²) in [6.07, 6.45) is 0.721. The largest absolute Gasteiger partial charge is 0.462 e. The Hall–Kier alpha value is -2.11. The molecule has 6 heteroatoms. The average molecular weight is 268 g/mol. The summed E-state index contributed by atoms with van der Waals surface area (Å²) in [5.74, 6) is -1.27. The summed E-state index contributed by atoms with van der Waals surface area (Å²) in [6, 6.07) is 3.52. The maximum atomic E-state index is 13.0. The molecule has 0 radical (unpaired) electrons. The monoisotopic (exact) mass is 268 g/mol. The predicted molar refractivity (Wildman–Crippen MR) is 69.0 cm³/mol. The van der Waals surface area contributed by atoms with Crippen LogP contribution >= 0.6 is 0 Å². The molecule has 1 rings (SSSR count). The minimum absolute atomic E-state index is 0.0361. The Morgan fingerprint density at radius 2 is 2.00 bits per heavy atom. The zero-order chi connectivity index (χ0) is 14.4. The lowest BCUT2D eigenvalue weighted by molar-refractivity contribution is -0.128. The third kappa shape index (κ3) is 4.95. The van der Waals surface area contributed by atoms with Crippen LogP contribution in [-0.4, -0.2) is 37.5 Å². The highest BCUT2D eigenvalue weighted by Gasteiger charge is 2.10. The second-order valence-electron chi connectivity index (χ2n) is 4.30. The number of nitrogens with two attached hydrogens (primary N) is 1. The van der Waals surface area contributed by atoms with Gasteiger partial charge in [-0.3, -0.25) is 4.79 Å². The first-order valence-corrected chi connectivity index (χ1v) is 5.83. The minimum Gasteiger partial charge on any atom is -0.462 e. The zero-order valence-corrected chi connectivity index (χ0v) is 11.0. The quantitative estimate of drug-likeness (QED) is 0.498. The van der Waals surface area contributed by atoms with Crippen LogP contribution in [0.25, 0.3) is 0 Å². The fourth-order valence-corrected chi connectivity index (χ4v) is 1.43. The summed E-state index contributed by atoms with van der Waals surface area (Å²) < 4.78 is 18.0. The molecule has 0 spiro atoms. The summed E-state index contributed by atoms with van der Waals surface area (Å²) in [5, 5.41) is 0. The van der Waals surface area contributed by atoms with Crippen molar-refractivity contribution in [1.29, 1.82) is 0 Å². The highest BCUT2D eigenvalue weighted by atomic mass is 19.1. The second-order valence-corrected chi connectivity index (χ2v) is 4.30. The molecule has 0 aliphatic carbocycles. The van der Waals surface area contributed by atoms with Crippen LogP contribution in [0.1, 0.15) is 23.2 Å². The number of nitrogens with zero attached hydrogens (tertiary/aromatic N) is 1. The van der Waals surface area contributed by atoms with E-state index in [9.17, 15) is 14.0 Å². The average Bonchev–Trinajstić information content (AvgIpc) is 2.32. The van der Waals surface area contributed by atoms with Crippen LogP contribution in [0.15, 0.2) is 18.2 Å². The summed E-state index contributed by atoms with van der Waals surface area (Å²) >= 11 is 0. The number of esters is 1. The fraction of sp³-hybridized carbons (Fsp3) is 0.385. The number of anilines is 1. The van der Waals surface area contributed by atoms with E-state index in [1.54, 1.807) is 14.1 Å². The lowest BCUT2D eigenvalue weighted by Gasteiger charge is -2.10. The van der Waals surface area contributed by atoms with Crippen molar-refractivity contribution in [1.82, 2.24) is 4.90 Å². The summed E-state index contributed by atoms with van der Waals surface area (Å²) in [6.45, 7) is 0.106. The second kappa shape index (κ2) is 6.72. The number of ether oxygens (including phenoxy) is 1.